The quantitative estimate of drug-likeness (QED) is 0.748. The molecule has 2 unspecified atom stereocenters. The fourth-order valence-electron chi connectivity index (χ4n) is 2.45. The van der Waals surface area contributed by atoms with Crippen molar-refractivity contribution in [2.75, 3.05) is 19.7 Å². The number of nitrogens with zero attached hydrogens (tertiary/aromatic N) is 1. The third kappa shape index (κ3) is 4.42. The number of nitrogens with two attached hydrogens (primary N) is 1. The predicted molar refractivity (Wildman–Crippen MR) is 77.6 cm³/mol. The molecule has 1 aliphatic rings. The Kier molecular flexibility index (Phi) is 6.88. The number of rotatable bonds is 7. The molecule has 0 aromatic heterocycles. The molecule has 114 valence electrons. The largest absolute Gasteiger partial charge is 0.395 e. The number of likely N-dealkylation sites (N-methyl/N-ethyl adjacent to an activating group) is 1. The molecule has 0 aliphatic heterocycles. The van der Waals surface area contributed by atoms with Crippen LogP contribution >= 0.6 is 0 Å². The second kappa shape index (κ2) is 8.17. The van der Waals surface area contributed by atoms with Crippen molar-refractivity contribution >= 4 is 5.91 Å². The van der Waals surface area contributed by atoms with Gasteiger partial charge >= 0.3 is 0 Å². The van der Waals surface area contributed by atoms with Crippen molar-refractivity contribution in [3.63, 3.8) is 0 Å². The van der Waals surface area contributed by atoms with Gasteiger partial charge in [-0.1, -0.05) is 13.0 Å². The average molecular weight is 284 g/mol. The lowest BCUT2D eigenvalue weighted by Crippen LogP contribution is -2.40. The van der Waals surface area contributed by atoms with Crippen molar-refractivity contribution in [1.82, 2.24) is 4.90 Å². The molecule has 0 aromatic rings. The van der Waals surface area contributed by atoms with Gasteiger partial charge in [0.2, 0.25) is 5.91 Å². The van der Waals surface area contributed by atoms with E-state index in [-0.39, 0.29) is 36.7 Å². The summed E-state index contributed by atoms with van der Waals surface area (Å²) in [5.74, 6) is -0.227. The third-order valence-electron chi connectivity index (χ3n) is 3.80. The number of hydrogen-bond donors (Lipinski definition) is 2. The number of carbonyl (C=O) groups is 1. The first kappa shape index (κ1) is 16.9. The molecule has 0 heterocycles. The Morgan fingerprint density at radius 1 is 1.60 bits per heavy atom. The van der Waals surface area contributed by atoms with E-state index < -0.39 is 0 Å². The second-order valence-corrected chi connectivity index (χ2v) is 5.10. The van der Waals surface area contributed by atoms with E-state index in [1.54, 1.807) is 11.0 Å². The van der Waals surface area contributed by atoms with Crippen LogP contribution in [-0.4, -0.2) is 41.7 Å². The molecule has 0 fully saturated rings. The standard InChI is InChI=1S/C15H25FN2O2/c1-3-11-9-12(5-6-13(11)16)14(17)10-15(20)18(4-2)7-8-19/h5-6,12,14,19H,3-4,7-10,17H2,1-2H3. The second-order valence-electron chi connectivity index (χ2n) is 5.10. The van der Waals surface area contributed by atoms with E-state index in [9.17, 15) is 9.18 Å². The molecular weight excluding hydrogens is 259 g/mol. The van der Waals surface area contributed by atoms with Gasteiger partial charge in [0, 0.05) is 25.6 Å². The van der Waals surface area contributed by atoms with Crippen LogP contribution in [-0.2, 0) is 4.79 Å². The van der Waals surface area contributed by atoms with Gasteiger partial charge in [-0.2, -0.15) is 0 Å². The lowest BCUT2D eigenvalue weighted by molar-refractivity contribution is -0.132. The van der Waals surface area contributed by atoms with E-state index in [0.29, 0.717) is 25.9 Å². The van der Waals surface area contributed by atoms with E-state index in [1.165, 1.54) is 6.08 Å². The number of allylic oxidation sites excluding steroid dienone is 3. The summed E-state index contributed by atoms with van der Waals surface area (Å²) in [5.41, 5.74) is 6.86. The molecule has 20 heavy (non-hydrogen) atoms. The number of halogens is 1. The Hall–Kier alpha value is -1.20. The van der Waals surface area contributed by atoms with E-state index in [2.05, 4.69) is 0 Å². The highest BCUT2D eigenvalue weighted by Gasteiger charge is 2.24. The lowest BCUT2D eigenvalue weighted by Gasteiger charge is -2.27. The number of amides is 1. The van der Waals surface area contributed by atoms with Gasteiger partial charge < -0.3 is 15.7 Å². The van der Waals surface area contributed by atoms with E-state index >= 15 is 0 Å². The molecule has 0 bridgehead atoms. The van der Waals surface area contributed by atoms with E-state index in [0.717, 1.165) is 5.57 Å². The first-order chi connectivity index (χ1) is 9.53. The van der Waals surface area contributed by atoms with Crippen LogP contribution in [0.1, 0.15) is 33.1 Å². The van der Waals surface area contributed by atoms with Crippen molar-refractivity contribution in [1.29, 1.82) is 0 Å². The highest BCUT2D eigenvalue weighted by molar-refractivity contribution is 5.76. The van der Waals surface area contributed by atoms with Gasteiger partial charge in [0.05, 0.1) is 6.61 Å². The van der Waals surface area contributed by atoms with Crippen LogP contribution in [0.3, 0.4) is 0 Å². The fourth-order valence-corrected chi connectivity index (χ4v) is 2.45. The van der Waals surface area contributed by atoms with Gasteiger partial charge in [-0.05, 0) is 37.3 Å². The Morgan fingerprint density at radius 3 is 2.85 bits per heavy atom. The van der Waals surface area contributed by atoms with Crippen LogP contribution in [0.2, 0.25) is 0 Å². The minimum absolute atomic E-state index is 0.00114. The highest BCUT2D eigenvalue weighted by Crippen LogP contribution is 2.29. The Bertz CT molecular complexity index is 393. The molecule has 4 nitrogen and oxygen atoms in total. The van der Waals surface area contributed by atoms with Crippen molar-refractivity contribution in [3.05, 3.63) is 23.6 Å². The maximum atomic E-state index is 13.5. The molecule has 1 amide bonds. The van der Waals surface area contributed by atoms with Gasteiger partial charge in [0.15, 0.2) is 0 Å². The summed E-state index contributed by atoms with van der Waals surface area (Å²) in [4.78, 5) is 13.6. The monoisotopic (exact) mass is 284 g/mol. The van der Waals surface area contributed by atoms with Crippen molar-refractivity contribution < 1.29 is 14.3 Å². The number of aliphatic hydroxyl groups is 1. The van der Waals surface area contributed by atoms with Gasteiger partial charge in [0.25, 0.3) is 0 Å². The minimum Gasteiger partial charge on any atom is -0.395 e. The molecule has 1 rings (SSSR count). The highest BCUT2D eigenvalue weighted by atomic mass is 19.1. The van der Waals surface area contributed by atoms with Crippen LogP contribution < -0.4 is 5.73 Å². The maximum Gasteiger partial charge on any atom is 0.224 e. The van der Waals surface area contributed by atoms with Gasteiger partial charge in [-0.15, -0.1) is 0 Å². The number of aliphatic hydroxyl groups excluding tert-OH is 1. The molecule has 0 radical (unpaired) electrons. The smallest absolute Gasteiger partial charge is 0.224 e. The summed E-state index contributed by atoms with van der Waals surface area (Å²) in [7, 11) is 0. The topological polar surface area (TPSA) is 66.6 Å². The number of hydrogen-bond acceptors (Lipinski definition) is 3. The molecule has 0 spiro atoms. The van der Waals surface area contributed by atoms with Crippen LogP contribution in [0.4, 0.5) is 4.39 Å². The summed E-state index contributed by atoms with van der Waals surface area (Å²) in [6.07, 6.45) is 4.69. The lowest BCUT2D eigenvalue weighted by atomic mass is 9.85. The first-order valence-electron chi connectivity index (χ1n) is 7.23. The number of carbonyl (C=O) groups excluding carboxylic acids is 1. The molecule has 1 aliphatic carbocycles. The zero-order valence-corrected chi connectivity index (χ0v) is 12.3. The van der Waals surface area contributed by atoms with Crippen LogP contribution in [0.15, 0.2) is 23.6 Å². The zero-order valence-electron chi connectivity index (χ0n) is 12.3. The van der Waals surface area contributed by atoms with Gasteiger partial charge in [-0.3, -0.25) is 4.79 Å². The van der Waals surface area contributed by atoms with Gasteiger partial charge in [-0.25, -0.2) is 4.39 Å². The summed E-state index contributed by atoms with van der Waals surface area (Å²) in [6.45, 7) is 4.62. The van der Waals surface area contributed by atoms with E-state index in [1.807, 2.05) is 13.8 Å². The third-order valence-corrected chi connectivity index (χ3v) is 3.80. The Labute approximate surface area is 120 Å². The summed E-state index contributed by atoms with van der Waals surface area (Å²) in [6, 6.07) is -0.318. The molecule has 0 aromatic carbocycles. The van der Waals surface area contributed by atoms with Crippen molar-refractivity contribution in [2.24, 2.45) is 11.7 Å². The Morgan fingerprint density at radius 2 is 2.30 bits per heavy atom. The fraction of sp³-hybridized carbons (Fsp3) is 0.667. The summed E-state index contributed by atoms with van der Waals surface area (Å²) < 4.78 is 13.5. The van der Waals surface area contributed by atoms with E-state index in [4.69, 9.17) is 10.8 Å². The molecule has 3 N–H and O–H groups in total. The predicted octanol–water partition coefficient (Wildman–Crippen LogP) is 1.75. The summed E-state index contributed by atoms with van der Waals surface area (Å²) >= 11 is 0. The van der Waals surface area contributed by atoms with Gasteiger partial charge in [0.1, 0.15) is 5.83 Å². The van der Waals surface area contributed by atoms with Crippen molar-refractivity contribution in [2.45, 2.75) is 39.2 Å². The summed E-state index contributed by atoms with van der Waals surface area (Å²) in [5, 5.41) is 8.91. The zero-order chi connectivity index (χ0) is 15.1. The normalized spacial score (nSPS) is 20.1. The Balaban J connectivity index is 2.58. The van der Waals surface area contributed by atoms with Crippen LogP contribution in [0.25, 0.3) is 0 Å². The molecular formula is C15H25FN2O2. The molecule has 5 heteroatoms. The SMILES string of the molecule is CCC1=C(F)C=CC(C(N)CC(=O)N(CC)CCO)C1. The molecule has 0 saturated heterocycles. The van der Waals surface area contributed by atoms with Crippen LogP contribution in [0, 0.1) is 5.92 Å². The first-order valence-corrected chi connectivity index (χ1v) is 7.23. The average Bonchev–Trinajstić information content (AvgIpc) is 2.44. The molecule has 2 atom stereocenters. The van der Waals surface area contributed by atoms with Crippen LogP contribution in [0.5, 0.6) is 0 Å². The molecule has 0 saturated carbocycles. The maximum absolute atomic E-state index is 13.5. The minimum atomic E-state index is -0.318. The van der Waals surface area contributed by atoms with Crippen molar-refractivity contribution in [3.8, 4) is 0 Å².